The largest absolute Gasteiger partial charge is 0.480 e. The van der Waals surface area contributed by atoms with Crippen molar-refractivity contribution in [2.45, 2.75) is 25.3 Å². The molecule has 1 saturated carbocycles. The molecule has 0 spiro atoms. The van der Waals surface area contributed by atoms with Gasteiger partial charge in [0, 0.05) is 18.4 Å². The van der Waals surface area contributed by atoms with Crippen molar-refractivity contribution in [3.8, 4) is 11.1 Å². The molecule has 1 fully saturated rings. The van der Waals surface area contributed by atoms with E-state index in [2.05, 4.69) is 34.9 Å². The third kappa shape index (κ3) is 4.01. The van der Waals surface area contributed by atoms with E-state index in [1.807, 2.05) is 24.3 Å². The van der Waals surface area contributed by atoms with Crippen molar-refractivity contribution >= 4 is 18.0 Å². The topological polar surface area (TPSA) is 105 Å². The Morgan fingerprint density at radius 2 is 1.67 bits per heavy atom. The Balaban J connectivity index is 1.27. The minimum absolute atomic E-state index is 0.0000996. The molecule has 7 nitrogen and oxygen atoms in total. The molecule has 0 radical (unpaired) electrons. The van der Waals surface area contributed by atoms with Gasteiger partial charge in [0.05, 0.1) is 0 Å². The molecule has 3 atom stereocenters. The number of hydrogen-bond donors (Lipinski definition) is 3. The summed E-state index contributed by atoms with van der Waals surface area (Å²) in [5, 5.41) is 14.0. The number of carboxylic acids is 1. The minimum Gasteiger partial charge on any atom is -0.480 e. The number of benzene rings is 2. The normalized spacial score (nSPS) is 19.9. The van der Waals surface area contributed by atoms with E-state index in [4.69, 9.17) is 9.84 Å². The highest BCUT2D eigenvalue weighted by Gasteiger charge is 2.43. The molecular formula is C23H24N2O5. The van der Waals surface area contributed by atoms with Crippen molar-refractivity contribution in [2.24, 2.45) is 11.8 Å². The third-order valence-electron chi connectivity index (χ3n) is 5.84. The summed E-state index contributed by atoms with van der Waals surface area (Å²) in [5.41, 5.74) is 4.64. The Bertz CT molecular complexity index is 944. The second-order valence-corrected chi connectivity index (χ2v) is 7.88. The second-order valence-electron chi connectivity index (χ2n) is 7.88. The van der Waals surface area contributed by atoms with Crippen molar-refractivity contribution in [2.75, 3.05) is 13.2 Å². The Labute approximate surface area is 174 Å². The molecule has 2 amide bonds. The maximum atomic E-state index is 12.2. The molecule has 2 unspecified atom stereocenters. The number of rotatable bonds is 7. The molecule has 0 aromatic heterocycles. The van der Waals surface area contributed by atoms with Crippen molar-refractivity contribution in [1.29, 1.82) is 0 Å². The molecule has 2 aromatic carbocycles. The van der Waals surface area contributed by atoms with E-state index in [0.717, 1.165) is 11.1 Å². The van der Waals surface area contributed by atoms with Gasteiger partial charge in [0.1, 0.15) is 12.6 Å². The lowest BCUT2D eigenvalue weighted by atomic mass is 9.98. The second kappa shape index (κ2) is 8.18. The number of fused-ring (bicyclic) bond motifs is 3. The standard InChI is InChI=1S/C23H24N2O5/c1-13(22(27)28)25-21(26)19-10-14(19)11-24-23(29)30-12-20-17-8-4-2-6-15(17)16-7-3-5-9-18(16)20/h2-9,13-14,19-20H,10-12H2,1H3,(H,24,29)(H,25,26)(H,27,28)/t13-,14?,19?/m0/s1. The molecule has 4 rings (SSSR count). The quantitative estimate of drug-likeness (QED) is 0.653. The van der Waals surface area contributed by atoms with E-state index in [1.165, 1.54) is 18.1 Å². The smallest absolute Gasteiger partial charge is 0.407 e. The Hall–Kier alpha value is -3.35. The van der Waals surface area contributed by atoms with Crippen LogP contribution < -0.4 is 10.6 Å². The summed E-state index contributed by atoms with van der Waals surface area (Å²) in [5.74, 6) is -1.62. The summed E-state index contributed by atoms with van der Waals surface area (Å²) in [7, 11) is 0. The summed E-state index contributed by atoms with van der Waals surface area (Å²) >= 11 is 0. The van der Waals surface area contributed by atoms with Crippen molar-refractivity contribution < 1.29 is 24.2 Å². The first-order valence-electron chi connectivity index (χ1n) is 10.1. The SMILES string of the molecule is C[C@H](NC(=O)C1CC1CNC(=O)OCC1c2ccccc2-c2ccccc21)C(=O)O. The number of nitrogens with one attached hydrogen (secondary N) is 2. The van der Waals surface area contributed by atoms with Crippen molar-refractivity contribution in [3.63, 3.8) is 0 Å². The van der Waals surface area contributed by atoms with Gasteiger partial charge in [-0.3, -0.25) is 9.59 Å². The van der Waals surface area contributed by atoms with E-state index in [-0.39, 0.29) is 30.3 Å². The molecule has 3 N–H and O–H groups in total. The van der Waals surface area contributed by atoms with E-state index in [9.17, 15) is 14.4 Å². The fourth-order valence-corrected chi connectivity index (χ4v) is 4.04. The summed E-state index contributed by atoms with van der Waals surface area (Å²) in [6.07, 6.45) is 0.115. The van der Waals surface area contributed by atoms with E-state index >= 15 is 0 Å². The number of amides is 2. The van der Waals surface area contributed by atoms with Crippen LogP contribution in [0.3, 0.4) is 0 Å². The number of alkyl carbamates (subject to hydrolysis) is 1. The maximum absolute atomic E-state index is 12.2. The van der Waals surface area contributed by atoms with Gasteiger partial charge < -0.3 is 20.5 Å². The number of carboxylic acid groups (broad SMARTS) is 1. The van der Waals surface area contributed by atoms with Crippen LogP contribution in [-0.4, -0.2) is 42.3 Å². The molecule has 2 aromatic rings. The van der Waals surface area contributed by atoms with Gasteiger partial charge in [-0.15, -0.1) is 0 Å². The average Bonchev–Trinajstić information content (AvgIpc) is 3.46. The van der Waals surface area contributed by atoms with E-state index in [0.29, 0.717) is 13.0 Å². The monoisotopic (exact) mass is 408 g/mol. The average molecular weight is 408 g/mol. The first-order valence-corrected chi connectivity index (χ1v) is 10.1. The summed E-state index contributed by atoms with van der Waals surface area (Å²) < 4.78 is 5.48. The molecule has 0 aliphatic heterocycles. The van der Waals surface area contributed by atoms with Crippen LogP contribution in [0, 0.1) is 11.8 Å². The number of aliphatic carboxylic acids is 1. The zero-order chi connectivity index (χ0) is 21.3. The Morgan fingerprint density at radius 1 is 1.07 bits per heavy atom. The van der Waals surface area contributed by atoms with E-state index in [1.54, 1.807) is 0 Å². The molecule has 2 aliphatic carbocycles. The highest BCUT2D eigenvalue weighted by molar-refractivity contribution is 5.86. The lowest BCUT2D eigenvalue weighted by molar-refractivity contribution is -0.141. The van der Waals surface area contributed by atoms with Crippen LogP contribution in [0.5, 0.6) is 0 Å². The van der Waals surface area contributed by atoms with Gasteiger partial charge in [-0.25, -0.2) is 4.79 Å². The van der Waals surface area contributed by atoms with Gasteiger partial charge in [0.2, 0.25) is 5.91 Å². The zero-order valence-corrected chi connectivity index (χ0v) is 16.6. The summed E-state index contributed by atoms with van der Waals surface area (Å²) in [6, 6.07) is 15.3. The Morgan fingerprint density at radius 3 is 2.27 bits per heavy atom. The molecule has 156 valence electrons. The third-order valence-corrected chi connectivity index (χ3v) is 5.84. The van der Waals surface area contributed by atoms with Gasteiger partial charge in [-0.05, 0) is 41.5 Å². The predicted octanol–water partition coefficient (Wildman–Crippen LogP) is 2.75. The first kappa shape index (κ1) is 19.9. The first-order chi connectivity index (χ1) is 14.5. The maximum Gasteiger partial charge on any atom is 0.407 e. The van der Waals surface area contributed by atoms with Crippen LogP contribution in [0.2, 0.25) is 0 Å². The number of hydrogen-bond acceptors (Lipinski definition) is 4. The van der Waals surface area contributed by atoms with Gasteiger partial charge in [-0.2, -0.15) is 0 Å². The van der Waals surface area contributed by atoms with Crippen LogP contribution in [0.4, 0.5) is 4.79 Å². The highest BCUT2D eigenvalue weighted by atomic mass is 16.5. The van der Waals surface area contributed by atoms with Gasteiger partial charge in [0.15, 0.2) is 0 Å². The summed E-state index contributed by atoms with van der Waals surface area (Å²) in [4.78, 5) is 35.0. The molecule has 0 heterocycles. The number of carbonyl (C=O) groups is 3. The lowest BCUT2D eigenvalue weighted by Gasteiger charge is -2.14. The Kier molecular flexibility index (Phi) is 5.44. The number of ether oxygens (including phenoxy) is 1. The van der Waals surface area contributed by atoms with Crippen LogP contribution >= 0.6 is 0 Å². The molecule has 0 saturated heterocycles. The summed E-state index contributed by atoms with van der Waals surface area (Å²) in [6.45, 7) is 1.99. The zero-order valence-electron chi connectivity index (χ0n) is 16.6. The molecule has 7 heteroatoms. The van der Waals surface area contributed by atoms with Crippen LogP contribution in [0.25, 0.3) is 11.1 Å². The van der Waals surface area contributed by atoms with Crippen LogP contribution in [-0.2, 0) is 14.3 Å². The molecule has 30 heavy (non-hydrogen) atoms. The van der Waals surface area contributed by atoms with Gasteiger partial charge in [-0.1, -0.05) is 48.5 Å². The number of carbonyl (C=O) groups excluding carboxylic acids is 2. The van der Waals surface area contributed by atoms with Gasteiger partial charge in [0.25, 0.3) is 0 Å². The molecular weight excluding hydrogens is 384 g/mol. The van der Waals surface area contributed by atoms with Crippen LogP contribution in [0.1, 0.15) is 30.4 Å². The fraction of sp³-hybridized carbons (Fsp3) is 0.348. The molecule has 2 aliphatic rings. The molecule has 0 bridgehead atoms. The van der Waals surface area contributed by atoms with Crippen molar-refractivity contribution in [3.05, 3.63) is 59.7 Å². The fourth-order valence-electron chi connectivity index (χ4n) is 4.04. The van der Waals surface area contributed by atoms with E-state index < -0.39 is 18.1 Å². The minimum atomic E-state index is -1.07. The predicted molar refractivity (Wildman–Crippen MR) is 110 cm³/mol. The van der Waals surface area contributed by atoms with Crippen molar-refractivity contribution in [1.82, 2.24) is 10.6 Å². The van der Waals surface area contributed by atoms with Crippen LogP contribution in [0.15, 0.2) is 48.5 Å². The lowest BCUT2D eigenvalue weighted by Crippen LogP contribution is -2.39. The highest BCUT2D eigenvalue weighted by Crippen LogP contribution is 2.44. The van der Waals surface area contributed by atoms with Gasteiger partial charge >= 0.3 is 12.1 Å².